The fourth-order valence-corrected chi connectivity index (χ4v) is 9.65. The summed E-state index contributed by atoms with van der Waals surface area (Å²) in [5.41, 5.74) is 0. The molecule has 0 aromatic rings. The molecule has 9 heteroatoms. The monoisotopic (exact) mass is 1150 g/mol. The summed E-state index contributed by atoms with van der Waals surface area (Å²) in [4.78, 5) is 13.1. The Balaban J connectivity index is 2.25. The summed E-state index contributed by atoms with van der Waals surface area (Å²) in [6, 6.07) is -0.852. The van der Waals surface area contributed by atoms with Crippen LogP contribution in [-0.2, 0) is 14.3 Å². The van der Waals surface area contributed by atoms with E-state index in [1.165, 1.54) is 109 Å². The van der Waals surface area contributed by atoms with Crippen LogP contribution in [0.25, 0.3) is 0 Å². The first-order valence-electron chi connectivity index (χ1n) is 33.6. The molecule has 1 aliphatic rings. The Bertz CT molecular complexity index is 1820. The van der Waals surface area contributed by atoms with E-state index in [9.17, 15) is 30.3 Å². The molecule has 0 spiro atoms. The minimum absolute atomic E-state index is 0.214. The van der Waals surface area contributed by atoms with E-state index in [0.29, 0.717) is 6.42 Å². The summed E-state index contributed by atoms with van der Waals surface area (Å²) in [6.45, 7) is 3.64. The molecular weight excluding hydrogens is 1030 g/mol. The molecule has 6 N–H and O–H groups in total. The van der Waals surface area contributed by atoms with Crippen LogP contribution in [0, 0.1) is 0 Å². The summed E-state index contributed by atoms with van der Waals surface area (Å²) in [6.07, 6.45) is 87.9. The van der Waals surface area contributed by atoms with E-state index in [2.05, 4.69) is 153 Å². The van der Waals surface area contributed by atoms with Gasteiger partial charge in [0, 0.05) is 6.42 Å². The standard InChI is InChI=1S/C74H123NO8/c1-3-5-7-9-11-13-15-17-19-21-23-25-27-29-31-32-33-34-35-36-38-40-42-44-46-48-50-52-54-56-58-60-62-64-70(78)75-67(66-82-74-73(81)72(80)71(79)69(65-76)83-74)68(77)63-61-59-57-55-53-51-49-47-45-43-41-39-37-30-28-26-24-22-20-18-16-14-12-10-8-6-4-2/h5,7,11,13,17,19,23,25,29,31,33-34,36,38,42,44-45,47-48,50,53,55,61,63,67-69,71-74,76-77,79-81H,3-4,6,8-10,12,14-16,18,20-22,24,26-28,30,32,35,37,39-41,43,46,49,51-52,54,56-60,62,64-66H2,1-2H3,(H,75,78)/b7-5-,13-11-,19-17-,25-23-,31-29-,34-33-,38-36-,44-42-,47-45+,50-48-,55-53+,63-61+. The van der Waals surface area contributed by atoms with Gasteiger partial charge >= 0.3 is 0 Å². The molecule has 0 saturated carbocycles. The van der Waals surface area contributed by atoms with Gasteiger partial charge in [0.25, 0.3) is 0 Å². The molecule has 1 rings (SSSR count). The van der Waals surface area contributed by atoms with Crippen LogP contribution in [0.5, 0.6) is 0 Å². The number of hydrogen-bond acceptors (Lipinski definition) is 8. The van der Waals surface area contributed by atoms with E-state index in [4.69, 9.17) is 9.47 Å². The highest BCUT2D eigenvalue weighted by Gasteiger charge is 2.44. The second-order valence-electron chi connectivity index (χ2n) is 22.5. The van der Waals surface area contributed by atoms with Gasteiger partial charge in [0.2, 0.25) is 5.91 Å². The zero-order chi connectivity index (χ0) is 60.0. The molecule has 7 unspecified atom stereocenters. The molecule has 1 aliphatic heterocycles. The van der Waals surface area contributed by atoms with Crippen LogP contribution in [-0.4, -0.2) is 87.5 Å². The Hall–Kier alpha value is -3.93. The lowest BCUT2D eigenvalue weighted by Crippen LogP contribution is -2.60. The maximum atomic E-state index is 13.1. The molecule has 1 heterocycles. The van der Waals surface area contributed by atoms with Crippen molar-refractivity contribution in [1.29, 1.82) is 0 Å². The summed E-state index contributed by atoms with van der Waals surface area (Å²) >= 11 is 0. The number of amides is 1. The van der Waals surface area contributed by atoms with Crippen LogP contribution in [0.1, 0.15) is 258 Å². The molecule has 7 atom stereocenters. The van der Waals surface area contributed by atoms with Crippen LogP contribution >= 0.6 is 0 Å². The van der Waals surface area contributed by atoms with Gasteiger partial charge < -0.3 is 40.3 Å². The smallest absolute Gasteiger partial charge is 0.220 e. The van der Waals surface area contributed by atoms with Crippen molar-refractivity contribution in [1.82, 2.24) is 5.32 Å². The van der Waals surface area contributed by atoms with Gasteiger partial charge in [-0.1, -0.05) is 282 Å². The number of carbonyl (C=O) groups is 1. The first-order chi connectivity index (χ1) is 40.8. The van der Waals surface area contributed by atoms with E-state index >= 15 is 0 Å². The zero-order valence-electron chi connectivity index (χ0n) is 52.6. The van der Waals surface area contributed by atoms with Gasteiger partial charge in [-0.3, -0.25) is 4.79 Å². The highest BCUT2D eigenvalue weighted by atomic mass is 16.7. The van der Waals surface area contributed by atoms with Crippen LogP contribution < -0.4 is 5.32 Å². The van der Waals surface area contributed by atoms with Gasteiger partial charge in [-0.2, -0.15) is 0 Å². The number of nitrogens with one attached hydrogen (secondary N) is 1. The summed E-state index contributed by atoms with van der Waals surface area (Å²) in [7, 11) is 0. The Morgan fingerprint density at radius 3 is 1.16 bits per heavy atom. The topological polar surface area (TPSA) is 149 Å². The van der Waals surface area contributed by atoms with Gasteiger partial charge in [0.1, 0.15) is 24.4 Å². The fourth-order valence-electron chi connectivity index (χ4n) is 9.65. The number of allylic oxidation sites excluding steroid dienone is 23. The van der Waals surface area contributed by atoms with E-state index in [1.54, 1.807) is 6.08 Å². The van der Waals surface area contributed by atoms with Crippen LogP contribution in [0.3, 0.4) is 0 Å². The molecule has 0 aromatic heterocycles. The maximum Gasteiger partial charge on any atom is 0.220 e. The molecule has 0 bridgehead atoms. The Labute approximate surface area is 508 Å². The van der Waals surface area contributed by atoms with Gasteiger partial charge in [-0.25, -0.2) is 0 Å². The second kappa shape index (κ2) is 61.2. The van der Waals surface area contributed by atoms with Crippen LogP contribution in [0.2, 0.25) is 0 Å². The van der Waals surface area contributed by atoms with Gasteiger partial charge in [-0.15, -0.1) is 0 Å². The predicted octanol–water partition coefficient (Wildman–Crippen LogP) is 18.2. The highest BCUT2D eigenvalue weighted by molar-refractivity contribution is 5.76. The number of aliphatic hydroxyl groups is 5. The van der Waals surface area contributed by atoms with E-state index in [1.807, 2.05) is 6.08 Å². The number of aliphatic hydroxyl groups excluding tert-OH is 5. The van der Waals surface area contributed by atoms with Crippen molar-refractivity contribution in [2.45, 2.75) is 301 Å². The average molecular weight is 1150 g/mol. The second-order valence-corrected chi connectivity index (χ2v) is 22.5. The molecule has 0 aliphatic carbocycles. The third-order valence-corrected chi connectivity index (χ3v) is 14.9. The molecule has 0 aromatic carbocycles. The van der Waals surface area contributed by atoms with Crippen molar-refractivity contribution in [2.75, 3.05) is 13.2 Å². The fraction of sp³-hybridized carbons (Fsp3) is 0.662. The average Bonchev–Trinajstić information content (AvgIpc) is 3.61. The van der Waals surface area contributed by atoms with Gasteiger partial charge in [0.05, 0.1) is 25.4 Å². The molecule has 1 fully saturated rings. The number of hydrogen-bond donors (Lipinski definition) is 6. The lowest BCUT2D eigenvalue weighted by Gasteiger charge is -2.40. The molecule has 1 saturated heterocycles. The lowest BCUT2D eigenvalue weighted by molar-refractivity contribution is -0.302. The van der Waals surface area contributed by atoms with Crippen molar-refractivity contribution in [3.05, 3.63) is 146 Å². The third-order valence-electron chi connectivity index (χ3n) is 14.9. The lowest BCUT2D eigenvalue weighted by atomic mass is 9.99. The van der Waals surface area contributed by atoms with E-state index in [0.717, 1.165) is 128 Å². The zero-order valence-corrected chi connectivity index (χ0v) is 52.6. The maximum absolute atomic E-state index is 13.1. The predicted molar refractivity (Wildman–Crippen MR) is 354 cm³/mol. The van der Waals surface area contributed by atoms with Crippen molar-refractivity contribution in [3.63, 3.8) is 0 Å². The molecule has 83 heavy (non-hydrogen) atoms. The van der Waals surface area contributed by atoms with Crippen molar-refractivity contribution >= 4 is 5.91 Å². The Morgan fingerprint density at radius 1 is 0.422 bits per heavy atom. The highest BCUT2D eigenvalue weighted by Crippen LogP contribution is 2.23. The van der Waals surface area contributed by atoms with E-state index < -0.39 is 49.5 Å². The summed E-state index contributed by atoms with van der Waals surface area (Å²) in [5, 5.41) is 54.7. The minimum Gasteiger partial charge on any atom is -0.394 e. The minimum atomic E-state index is -1.59. The quantitative estimate of drug-likeness (QED) is 0.0261. The van der Waals surface area contributed by atoms with Crippen LogP contribution in [0.4, 0.5) is 0 Å². The van der Waals surface area contributed by atoms with Gasteiger partial charge in [-0.05, 0) is 116 Å². The van der Waals surface area contributed by atoms with Gasteiger partial charge in [0.15, 0.2) is 6.29 Å². The first kappa shape index (κ1) is 77.1. The van der Waals surface area contributed by atoms with Crippen molar-refractivity contribution < 1.29 is 39.8 Å². The van der Waals surface area contributed by atoms with Crippen molar-refractivity contribution in [2.24, 2.45) is 0 Å². The van der Waals surface area contributed by atoms with E-state index in [-0.39, 0.29) is 12.5 Å². The van der Waals surface area contributed by atoms with Crippen LogP contribution in [0.15, 0.2) is 146 Å². The molecule has 472 valence electrons. The Kier molecular flexibility index (Phi) is 56.8. The number of rotatable bonds is 56. The molecule has 0 radical (unpaired) electrons. The Morgan fingerprint density at radius 2 is 0.759 bits per heavy atom. The first-order valence-corrected chi connectivity index (χ1v) is 33.6. The molecule has 9 nitrogen and oxygen atoms in total. The molecule has 1 amide bonds. The molecular formula is C74H123NO8. The van der Waals surface area contributed by atoms with Crippen molar-refractivity contribution in [3.8, 4) is 0 Å². The number of ether oxygens (including phenoxy) is 2. The normalized spacial score (nSPS) is 19.2. The summed E-state index contributed by atoms with van der Waals surface area (Å²) < 4.78 is 11.3. The largest absolute Gasteiger partial charge is 0.394 e. The third kappa shape index (κ3) is 50.0. The number of unbranched alkanes of at least 4 members (excludes halogenated alkanes) is 24. The summed E-state index contributed by atoms with van der Waals surface area (Å²) in [5.74, 6) is -0.214. The SMILES string of the molecule is CC/C=C\C/C=C\C/C=C\C/C=C\C/C=C\C/C=C\C/C=C\C/C=C\C/C=C\CCCCCCCC(=O)NC(COC1OC(CO)C(O)C(O)C1O)C(O)/C=C/CC/C=C/CC/C=C/CCCCCCCCCCCCCCCCCCC. The number of carbonyl (C=O) groups excluding carboxylic acids is 1.